The second kappa shape index (κ2) is 4.68. The van der Waals surface area contributed by atoms with Crippen molar-refractivity contribution in [3.63, 3.8) is 0 Å². The molecule has 0 aromatic heterocycles. The molecular weight excluding hydrogens is 194 g/mol. The van der Waals surface area contributed by atoms with Crippen molar-refractivity contribution in [3.05, 3.63) is 23.8 Å². The molecular formula is C11H15NO3. The van der Waals surface area contributed by atoms with Gasteiger partial charge in [-0.3, -0.25) is 0 Å². The molecule has 1 atom stereocenters. The summed E-state index contributed by atoms with van der Waals surface area (Å²) in [4.78, 5) is 11.0. The molecule has 0 amide bonds. The number of carboxylic acids is 1. The second-order valence-electron chi connectivity index (χ2n) is 3.36. The average Bonchev–Trinajstić information content (AvgIpc) is 2.17. The third-order valence-corrected chi connectivity index (χ3v) is 2.18. The minimum absolute atomic E-state index is 0.0232. The Labute approximate surface area is 88.7 Å². The van der Waals surface area contributed by atoms with Crippen molar-refractivity contribution in [1.29, 1.82) is 0 Å². The largest absolute Gasteiger partial charge is 0.490 e. The van der Waals surface area contributed by atoms with Crippen LogP contribution in [0, 0.1) is 0 Å². The molecule has 1 rings (SSSR count). The highest BCUT2D eigenvalue weighted by Crippen LogP contribution is 2.25. The molecule has 0 saturated carbocycles. The molecule has 3 N–H and O–H groups in total. The number of benzene rings is 1. The van der Waals surface area contributed by atoms with E-state index in [0.29, 0.717) is 5.75 Å². The lowest BCUT2D eigenvalue weighted by atomic mass is 10.1. The van der Waals surface area contributed by atoms with Gasteiger partial charge in [0.2, 0.25) is 0 Å². The Morgan fingerprint density at radius 3 is 2.80 bits per heavy atom. The van der Waals surface area contributed by atoms with E-state index in [1.807, 2.05) is 13.8 Å². The van der Waals surface area contributed by atoms with Gasteiger partial charge in [-0.2, -0.15) is 0 Å². The summed E-state index contributed by atoms with van der Waals surface area (Å²) in [6, 6.07) is 4.85. The zero-order valence-corrected chi connectivity index (χ0v) is 8.86. The van der Waals surface area contributed by atoms with Crippen LogP contribution < -0.4 is 10.5 Å². The number of nitrogens with two attached hydrogens (primary N) is 1. The first-order valence-electron chi connectivity index (χ1n) is 4.84. The molecule has 0 radical (unpaired) electrons. The molecule has 1 aromatic rings. The molecule has 1 aromatic carbocycles. The van der Waals surface area contributed by atoms with Crippen LogP contribution in [0.3, 0.4) is 0 Å². The Bertz CT molecular complexity index is 363. The van der Waals surface area contributed by atoms with E-state index in [9.17, 15) is 4.79 Å². The van der Waals surface area contributed by atoms with Gasteiger partial charge >= 0.3 is 5.97 Å². The van der Waals surface area contributed by atoms with Crippen molar-refractivity contribution in [3.8, 4) is 5.75 Å². The van der Waals surface area contributed by atoms with Crippen LogP contribution in [0.5, 0.6) is 5.75 Å². The lowest BCUT2D eigenvalue weighted by Crippen LogP contribution is -2.13. The van der Waals surface area contributed by atoms with Gasteiger partial charge in [-0.1, -0.05) is 13.0 Å². The topological polar surface area (TPSA) is 72.5 Å². The molecule has 0 saturated heterocycles. The maximum atomic E-state index is 11.0. The lowest BCUT2D eigenvalue weighted by molar-refractivity contribution is 0.0691. The summed E-state index contributed by atoms with van der Waals surface area (Å²) in [7, 11) is 0. The SMILES string of the molecule is CCC(C)Oc1cccc(N)c1C(=O)O. The van der Waals surface area contributed by atoms with Gasteiger partial charge in [0, 0.05) is 5.69 Å². The molecule has 0 aliphatic heterocycles. The molecule has 15 heavy (non-hydrogen) atoms. The van der Waals surface area contributed by atoms with E-state index in [4.69, 9.17) is 15.6 Å². The Morgan fingerprint density at radius 2 is 2.27 bits per heavy atom. The number of aromatic carboxylic acids is 1. The number of nitrogen functional groups attached to an aromatic ring is 1. The predicted octanol–water partition coefficient (Wildman–Crippen LogP) is 2.14. The van der Waals surface area contributed by atoms with E-state index in [1.54, 1.807) is 18.2 Å². The van der Waals surface area contributed by atoms with Crippen molar-refractivity contribution in [2.75, 3.05) is 5.73 Å². The quantitative estimate of drug-likeness (QED) is 0.745. The normalized spacial score (nSPS) is 12.1. The number of ether oxygens (including phenoxy) is 1. The Morgan fingerprint density at radius 1 is 1.60 bits per heavy atom. The van der Waals surface area contributed by atoms with E-state index in [0.717, 1.165) is 6.42 Å². The van der Waals surface area contributed by atoms with E-state index < -0.39 is 5.97 Å². The van der Waals surface area contributed by atoms with Gasteiger partial charge in [0.15, 0.2) is 0 Å². The summed E-state index contributed by atoms with van der Waals surface area (Å²) in [5, 5.41) is 8.97. The van der Waals surface area contributed by atoms with Crippen LogP contribution in [0.25, 0.3) is 0 Å². The molecule has 0 spiro atoms. The monoisotopic (exact) mass is 209 g/mol. The van der Waals surface area contributed by atoms with Crippen molar-refractivity contribution >= 4 is 11.7 Å². The number of hydrogen-bond donors (Lipinski definition) is 2. The molecule has 82 valence electrons. The van der Waals surface area contributed by atoms with Crippen molar-refractivity contribution in [2.45, 2.75) is 26.4 Å². The van der Waals surface area contributed by atoms with Crippen LogP contribution in [0.2, 0.25) is 0 Å². The maximum Gasteiger partial charge on any atom is 0.341 e. The van der Waals surface area contributed by atoms with E-state index in [-0.39, 0.29) is 17.4 Å². The van der Waals surface area contributed by atoms with Crippen LogP contribution in [0.15, 0.2) is 18.2 Å². The van der Waals surface area contributed by atoms with Crippen molar-refractivity contribution < 1.29 is 14.6 Å². The number of carboxylic acid groups (broad SMARTS) is 1. The molecule has 1 unspecified atom stereocenters. The third kappa shape index (κ3) is 2.62. The minimum atomic E-state index is -1.06. The van der Waals surface area contributed by atoms with Gasteiger partial charge in [-0.25, -0.2) is 4.79 Å². The van der Waals surface area contributed by atoms with E-state index in [1.165, 1.54) is 0 Å². The smallest absolute Gasteiger partial charge is 0.341 e. The zero-order valence-electron chi connectivity index (χ0n) is 8.86. The third-order valence-electron chi connectivity index (χ3n) is 2.18. The minimum Gasteiger partial charge on any atom is -0.490 e. The highest BCUT2D eigenvalue weighted by atomic mass is 16.5. The maximum absolute atomic E-state index is 11.0. The van der Waals surface area contributed by atoms with Gasteiger partial charge in [0.1, 0.15) is 11.3 Å². The molecule has 0 aliphatic rings. The highest BCUT2D eigenvalue weighted by Gasteiger charge is 2.16. The lowest BCUT2D eigenvalue weighted by Gasteiger charge is -2.15. The summed E-state index contributed by atoms with van der Waals surface area (Å²) < 4.78 is 5.48. The first-order chi connectivity index (χ1) is 7.06. The van der Waals surface area contributed by atoms with Crippen molar-refractivity contribution in [2.24, 2.45) is 0 Å². The number of hydrogen-bond acceptors (Lipinski definition) is 3. The van der Waals surface area contributed by atoms with E-state index in [2.05, 4.69) is 0 Å². The number of anilines is 1. The standard InChI is InChI=1S/C11H15NO3/c1-3-7(2)15-9-6-4-5-8(12)10(9)11(13)14/h4-7H,3,12H2,1-2H3,(H,13,14). The summed E-state index contributed by atoms with van der Waals surface area (Å²) in [5.41, 5.74) is 5.84. The summed E-state index contributed by atoms with van der Waals surface area (Å²) in [6.07, 6.45) is 0.790. The van der Waals surface area contributed by atoms with Gasteiger partial charge in [0.25, 0.3) is 0 Å². The van der Waals surface area contributed by atoms with Crippen LogP contribution in [0.4, 0.5) is 5.69 Å². The molecule has 4 heteroatoms. The number of carbonyl (C=O) groups is 1. The van der Waals surface area contributed by atoms with Crippen LogP contribution in [-0.2, 0) is 0 Å². The van der Waals surface area contributed by atoms with Gasteiger partial charge < -0.3 is 15.6 Å². The number of rotatable bonds is 4. The van der Waals surface area contributed by atoms with Gasteiger partial charge in [-0.05, 0) is 25.5 Å². The zero-order chi connectivity index (χ0) is 11.4. The fourth-order valence-electron chi connectivity index (χ4n) is 1.18. The molecule has 0 bridgehead atoms. The fourth-order valence-corrected chi connectivity index (χ4v) is 1.18. The van der Waals surface area contributed by atoms with Crippen LogP contribution in [-0.4, -0.2) is 17.2 Å². The van der Waals surface area contributed by atoms with E-state index >= 15 is 0 Å². The van der Waals surface area contributed by atoms with Crippen LogP contribution >= 0.6 is 0 Å². The second-order valence-corrected chi connectivity index (χ2v) is 3.36. The van der Waals surface area contributed by atoms with Crippen LogP contribution in [0.1, 0.15) is 30.6 Å². The Balaban J connectivity index is 3.06. The van der Waals surface area contributed by atoms with Gasteiger partial charge in [-0.15, -0.1) is 0 Å². The molecule has 0 heterocycles. The molecule has 0 fully saturated rings. The molecule has 4 nitrogen and oxygen atoms in total. The average molecular weight is 209 g/mol. The highest BCUT2D eigenvalue weighted by molar-refractivity contribution is 5.96. The Kier molecular flexibility index (Phi) is 3.55. The molecule has 0 aliphatic carbocycles. The summed E-state index contributed by atoms with van der Waals surface area (Å²) >= 11 is 0. The summed E-state index contributed by atoms with van der Waals surface area (Å²) in [6.45, 7) is 3.85. The Hall–Kier alpha value is -1.71. The predicted molar refractivity (Wildman–Crippen MR) is 58.2 cm³/mol. The van der Waals surface area contributed by atoms with Gasteiger partial charge in [0.05, 0.1) is 6.10 Å². The first-order valence-corrected chi connectivity index (χ1v) is 4.84. The fraction of sp³-hybridized carbons (Fsp3) is 0.364. The first kappa shape index (κ1) is 11.4. The van der Waals surface area contributed by atoms with Crippen molar-refractivity contribution in [1.82, 2.24) is 0 Å². The summed E-state index contributed by atoms with van der Waals surface area (Å²) in [5.74, 6) is -0.733.